The lowest BCUT2D eigenvalue weighted by Gasteiger charge is -2.18. The van der Waals surface area contributed by atoms with Crippen LogP contribution in [0.1, 0.15) is 12.5 Å². The zero-order valence-electron chi connectivity index (χ0n) is 9.30. The molecule has 0 saturated heterocycles. The Labute approximate surface area is 94.7 Å². The van der Waals surface area contributed by atoms with Gasteiger partial charge in [-0.15, -0.1) is 4.28 Å². The Morgan fingerprint density at radius 3 is 2.12 bits per heavy atom. The van der Waals surface area contributed by atoms with Gasteiger partial charge in [-0.05, 0) is 19.1 Å². The molecule has 0 bridgehead atoms. The second kappa shape index (κ2) is 4.63. The summed E-state index contributed by atoms with van der Waals surface area (Å²) in [5.41, 5.74) is 1.38. The maximum atomic E-state index is 11.2. The summed E-state index contributed by atoms with van der Waals surface area (Å²) in [6.07, 6.45) is 0.886. The van der Waals surface area contributed by atoms with E-state index in [2.05, 4.69) is 4.28 Å². The van der Waals surface area contributed by atoms with E-state index in [1.165, 1.54) is 6.92 Å². The maximum absolute atomic E-state index is 11.2. The number of carbonyl (C=O) groups excluding carboxylic acids is 1. The minimum absolute atomic E-state index is 0.378. The number of hydrogen-bond acceptors (Lipinski definition) is 4. The molecule has 0 aliphatic carbocycles. The van der Waals surface area contributed by atoms with Gasteiger partial charge in [0.25, 0.3) is 10.1 Å². The van der Waals surface area contributed by atoms with Gasteiger partial charge in [0, 0.05) is 6.92 Å². The van der Waals surface area contributed by atoms with Gasteiger partial charge in [0.15, 0.2) is 0 Å². The summed E-state index contributed by atoms with van der Waals surface area (Å²) in [6.45, 7) is 3.12. The van der Waals surface area contributed by atoms with Crippen LogP contribution >= 0.6 is 0 Å². The largest absolute Gasteiger partial charge is 0.285 e. The molecule has 1 aromatic rings. The number of hydroxylamine groups is 1. The molecule has 0 unspecified atom stereocenters. The predicted octanol–water partition coefficient (Wildman–Crippen LogP) is 1.24. The number of anilines is 1. The van der Waals surface area contributed by atoms with E-state index in [-0.39, 0.29) is 0 Å². The highest BCUT2D eigenvalue weighted by Crippen LogP contribution is 2.16. The highest BCUT2D eigenvalue weighted by Gasteiger charge is 2.17. The number of nitrogens with zero attached hydrogens (tertiary/aromatic N) is 1. The number of hydrogen-bond donors (Lipinski definition) is 0. The maximum Gasteiger partial charge on any atom is 0.285 e. The molecular weight excluding hydrogens is 230 g/mol. The number of benzene rings is 1. The van der Waals surface area contributed by atoms with Crippen LogP contribution in [0.3, 0.4) is 0 Å². The van der Waals surface area contributed by atoms with E-state index in [9.17, 15) is 13.2 Å². The summed E-state index contributed by atoms with van der Waals surface area (Å²) in [5.74, 6) is -0.505. The van der Waals surface area contributed by atoms with Crippen molar-refractivity contribution in [2.24, 2.45) is 0 Å². The van der Waals surface area contributed by atoms with E-state index in [4.69, 9.17) is 0 Å². The summed E-state index contributed by atoms with van der Waals surface area (Å²) < 4.78 is 26.5. The molecule has 6 heteroatoms. The molecular formula is C10H13NO4S. The van der Waals surface area contributed by atoms with Crippen LogP contribution in [0.2, 0.25) is 0 Å². The van der Waals surface area contributed by atoms with Crippen LogP contribution in [0, 0.1) is 6.92 Å². The van der Waals surface area contributed by atoms with E-state index < -0.39 is 16.0 Å². The molecule has 16 heavy (non-hydrogen) atoms. The second-order valence-corrected chi connectivity index (χ2v) is 4.98. The van der Waals surface area contributed by atoms with Crippen molar-refractivity contribution in [2.45, 2.75) is 13.8 Å². The summed E-state index contributed by atoms with van der Waals surface area (Å²) in [6, 6.07) is 6.75. The molecule has 1 rings (SSSR count). The topological polar surface area (TPSA) is 63.7 Å². The van der Waals surface area contributed by atoms with E-state index >= 15 is 0 Å². The second-order valence-electron chi connectivity index (χ2n) is 3.43. The van der Waals surface area contributed by atoms with E-state index in [0.29, 0.717) is 5.69 Å². The molecule has 0 radical (unpaired) electrons. The molecule has 0 saturated carbocycles. The fraction of sp³-hybridized carbons (Fsp3) is 0.300. The minimum Gasteiger partial charge on any atom is -0.272 e. The number of carbonyl (C=O) groups is 1. The Morgan fingerprint density at radius 1 is 1.25 bits per heavy atom. The van der Waals surface area contributed by atoms with Crippen molar-refractivity contribution in [1.29, 1.82) is 0 Å². The van der Waals surface area contributed by atoms with Crippen molar-refractivity contribution in [1.82, 2.24) is 0 Å². The third-order valence-corrected chi connectivity index (χ3v) is 2.18. The molecule has 5 nitrogen and oxygen atoms in total. The van der Waals surface area contributed by atoms with Crippen molar-refractivity contribution in [3.63, 3.8) is 0 Å². The van der Waals surface area contributed by atoms with Crippen molar-refractivity contribution < 1.29 is 17.5 Å². The Hall–Kier alpha value is -1.40. The van der Waals surface area contributed by atoms with Crippen LogP contribution in [0.5, 0.6) is 0 Å². The Kier molecular flexibility index (Phi) is 3.66. The number of amides is 1. The molecule has 0 atom stereocenters. The first kappa shape index (κ1) is 12.7. The standard InChI is InChI=1S/C10H13NO4S/c1-8-4-6-10(7-5-8)11(9(2)12)15-16(3,13)14/h4-7H,1-3H3. The van der Waals surface area contributed by atoms with Crippen LogP contribution in [-0.4, -0.2) is 20.6 Å². The molecule has 88 valence electrons. The Bertz CT molecular complexity index is 478. The highest BCUT2D eigenvalue weighted by molar-refractivity contribution is 7.86. The molecule has 0 aliphatic heterocycles. The molecule has 1 aromatic carbocycles. The molecule has 0 spiro atoms. The molecule has 1 amide bonds. The normalized spacial score (nSPS) is 11.2. The number of rotatable bonds is 3. The molecule has 0 heterocycles. The quantitative estimate of drug-likeness (QED) is 0.749. The fourth-order valence-corrected chi connectivity index (χ4v) is 1.55. The lowest BCUT2D eigenvalue weighted by molar-refractivity contribution is -0.120. The van der Waals surface area contributed by atoms with Gasteiger partial charge in [-0.3, -0.25) is 4.79 Å². The average molecular weight is 243 g/mol. The fourth-order valence-electron chi connectivity index (χ4n) is 1.09. The summed E-state index contributed by atoms with van der Waals surface area (Å²) in [7, 11) is -3.72. The smallest absolute Gasteiger partial charge is 0.272 e. The lowest BCUT2D eigenvalue weighted by atomic mass is 10.2. The van der Waals surface area contributed by atoms with E-state index in [1.807, 2.05) is 6.92 Å². The third kappa shape index (κ3) is 3.63. The van der Waals surface area contributed by atoms with Gasteiger partial charge >= 0.3 is 0 Å². The first-order valence-electron chi connectivity index (χ1n) is 4.56. The summed E-state index contributed by atoms with van der Waals surface area (Å²) in [5, 5.41) is 0.745. The zero-order valence-corrected chi connectivity index (χ0v) is 10.1. The van der Waals surface area contributed by atoms with Gasteiger partial charge < -0.3 is 0 Å². The van der Waals surface area contributed by atoms with Crippen LogP contribution in [-0.2, 0) is 19.2 Å². The van der Waals surface area contributed by atoms with Crippen LogP contribution in [0.4, 0.5) is 5.69 Å². The first-order chi connectivity index (χ1) is 7.29. The first-order valence-corrected chi connectivity index (χ1v) is 6.38. The van der Waals surface area contributed by atoms with E-state index in [1.54, 1.807) is 24.3 Å². The van der Waals surface area contributed by atoms with Gasteiger partial charge in [0.05, 0.1) is 11.9 Å². The number of aryl methyl sites for hydroxylation is 1. The van der Waals surface area contributed by atoms with Crippen LogP contribution < -0.4 is 5.06 Å². The molecule has 0 aliphatic rings. The van der Waals surface area contributed by atoms with Crippen molar-refractivity contribution in [3.8, 4) is 0 Å². The van der Waals surface area contributed by atoms with Gasteiger partial charge in [-0.25, -0.2) is 0 Å². The predicted molar refractivity (Wildman–Crippen MR) is 60.3 cm³/mol. The highest BCUT2D eigenvalue weighted by atomic mass is 32.2. The zero-order chi connectivity index (χ0) is 12.3. The summed E-state index contributed by atoms with van der Waals surface area (Å²) in [4.78, 5) is 11.2. The molecule has 0 N–H and O–H groups in total. The van der Waals surface area contributed by atoms with Gasteiger partial charge in [-0.2, -0.15) is 13.5 Å². The average Bonchev–Trinajstić information content (AvgIpc) is 2.14. The van der Waals surface area contributed by atoms with Gasteiger partial charge in [0.1, 0.15) is 0 Å². The van der Waals surface area contributed by atoms with Crippen LogP contribution in [0.15, 0.2) is 24.3 Å². The van der Waals surface area contributed by atoms with E-state index in [0.717, 1.165) is 16.9 Å². The SMILES string of the molecule is CC(=O)N(OS(C)(=O)=O)c1ccc(C)cc1. The van der Waals surface area contributed by atoms with Crippen molar-refractivity contribution >= 4 is 21.7 Å². The summed E-state index contributed by atoms with van der Waals surface area (Å²) >= 11 is 0. The Morgan fingerprint density at radius 2 is 1.75 bits per heavy atom. The molecule has 0 aromatic heterocycles. The minimum atomic E-state index is -3.72. The van der Waals surface area contributed by atoms with Gasteiger partial charge in [0.2, 0.25) is 5.91 Å². The monoisotopic (exact) mass is 243 g/mol. The molecule has 0 fully saturated rings. The van der Waals surface area contributed by atoms with Crippen molar-refractivity contribution in [3.05, 3.63) is 29.8 Å². The van der Waals surface area contributed by atoms with Crippen molar-refractivity contribution in [2.75, 3.05) is 11.3 Å². The van der Waals surface area contributed by atoms with Crippen LogP contribution in [0.25, 0.3) is 0 Å². The lowest BCUT2D eigenvalue weighted by Crippen LogP contribution is -2.31. The Balaban J connectivity index is 3.03. The van der Waals surface area contributed by atoms with Gasteiger partial charge in [-0.1, -0.05) is 17.7 Å². The third-order valence-electron chi connectivity index (χ3n) is 1.76.